The highest BCUT2D eigenvalue weighted by molar-refractivity contribution is 9.10. The van der Waals surface area contributed by atoms with Crippen LogP contribution in [0.3, 0.4) is 0 Å². The summed E-state index contributed by atoms with van der Waals surface area (Å²) >= 11 is 9.92. The molecular weight excluding hydrogens is 338 g/mol. The van der Waals surface area contributed by atoms with Crippen LogP contribution in [-0.4, -0.2) is 14.2 Å². The third kappa shape index (κ3) is 3.17. The van der Waals surface area contributed by atoms with Crippen LogP contribution in [0.1, 0.15) is 22.7 Å². The van der Waals surface area contributed by atoms with E-state index < -0.39 is 0 Å². The van der Waals surface area contributed by atoms with Crippen molar-refractivity contribution in [2.24, 2.45) is 0 Å². The summed E-state index contributed by atoms with van der Waals surface area (Å²) in [6.45, 7) is 2.10. The summed E-state index contributed by atoms with van der Waals surface area (Å²) < 4.78 is 6.26. The number of hydrogen-bond donors (Lipinski definition) is 1. The van der Waals surface area contributed by atoms with Crippen LogP contribution in [0.15, 0.2) is 40.9 Å². The number of ether oxygens (including phenoxy) is 1. The highest BCUT2D eigenvalue weighted by atomic mass is 79.9. The van der Waals surface area contributed by atoms with Crippen LogP contribution in [0.4, 0.5) is 0 Å². The lowest BCUT2D eigenvalue weighted by atomic mass is 9.95. The van der Waals surface area contributed by atoms with Crippen molar-refractivity contribution in [3.05, 3.63) is 62.6 Å². The van der Waals surface area contributed by atoms with Gasteiger partial charge in [-0.3, -0.25) is 0 Å². The standard InChI is InChI=1S/C16H17BrClNO/c1-10-4-5-11(17)8-14(10)16(19-2)13-7-6-12(20-3)9-15(13)18/h4-9,16,19H,1-3H3. The molecule has 0 saturated carbocycles. The molecule has 0 bridgehead atoms. The van der Waals surface area contributed by atoms with Crippen molar-refractivity contribution >= 4 is 27.5 Å². The van der Waals surface area contributed by atoms with Crippen molar-refractivity contribution in [1.29, 1.82) is 0 Å². The zero-order valence-electron chi connectivity index (χ0n) is 11.7. The Morgan fingerprint density at radius 1 is 1.15 bits per heavy atom. The van der Waals surface area contributed by atoms with Crippen molar-refractivity contribution in [2.75, 3.05) is 14.2 Å². The molecule has 0 spiro atoms. The van der Waals surface area contributed by atoms with E-state index in [0.29, 0.717) is 5.02 Å². The first-order valence-corrected chi connectivity index (χ1v) is 7.50. The van der Waals surface area contributed by atoms with E-state index in [0.717, 1.165) is 15.8 Å². The van der Waals surface area contributed by atoms with Gasteiger partial charge in [-0.1, -0.05) is 39.7 Å². The SMILES string of the molecule is CNC(c1cc(Br)ccc1C)c1ccc(OC)cc1Cl. The Labute approximate surface area is 133 Å². The average Bonchev–Trinajstić information content (AvgIpc) is 2.44. The molecule has 1 atom stereocenters. The van der Waals surface area contributed by atoms with Gasteiger partial charge in [0.1, 0.15) is 5.75 Å². The Balaban J connectivity index is 2.49. The largest absolute Gasteiger partial charge is 0.497 e. The van der Waals surface area contributed by atoms with Crippen molar-refractivity contribution in [2.45, 2.75) is 13.0 Å². The summed E-state index contributed by atoms with van der Waals surface area (Å²) in [5.74, 6) is 0.763. The number of benzene rings is 2. The maximum atomic E-state index is 6.39. The number of nitrogens with one attached hydrogen (secondary N) is 1. The second-order valence-corrected chi connectivity index (χ2v) is 5.93. The molecule has 4 heteroatoms. The minimum Gasteiger partial charge on any atom is -0.497 e. The minimum atomic E-state index is 0.0471. The van der Waals surface area contributed by atoms with Gasteiger partial charge in [0.2, 0.25) is 0 Å². The fraction of sp³-hybridized carbons (Fsp3) is 0.250. The van der Waals surface area contributed by atoms with E-state index in [-0.39, 0.29) is 6.04 Å². The second-order valence-electron chi connectivity index (χ2n) is 4.61. The molecule has 0 radical (unpaired) electrons. The topological polar surface area (TPSA) is 21.3 Å². The molecule has 0 aliphatic carbocycles. The van der Waals surface area contributed by atoms with Crippen LogP contribution in [0.25, 0.3) is 0 Å². The second kappa shape index (κ2) is 6.61. The number of hydrogen-bond acceptors (Lipinski definition) is 2. The van der Waals surface area contributed by atoms with Crippen molar-refractivity contribution in [3.63, 3.8) is 0 Å². The van der Waals surface area contributed by atoms with E-state index in [9.17, 15) is 0 Å². The van der Waals surface area contributed by atoms with Gasteiger partial charge in [0.05, 0.1) is 13.2 Å². The first kappa shape index (κ1) is 15.4. The first-order chi connectivity index (χ1) is 9.56. The van der Waals surface area contributed by atoms with Gasteiger partial charge in [0, 0.05) is 9.50 Å². The smallest absolute Gasteiger partial charge is 0.120 e. The fourth-order valence-electron chi connectivity index (χ4n) is 2.27. The Morgan fingerprint density at radius 2 is 1.90 bits per heavy atom. The lowest BCUT2D eigenvalue weighted by Gasteiger charge is -2.21. The summed E-state index contributed by atoms with van der Waals surface area (Å²) in [6, 6.07) is 12.1. The monoisotopic (exact) mass is 353 g/mol. The molecule has 0 saturated heterocycles. The molecule has 0 aromatic heterocycles. The lowest BCUT2D eigenvalue weighted by molar-refractivity contribution is 0.414. The normalized spacial score (nSPS) is 12.2. The molecule has 0 amide bonds. The highest BCUT2D eigenvalue weighted by Crippen LogP contribution is 2.33. The molecule has 2 rings (SSSR count). The third-order valence-corrected chi connectivity index (χ3v) is 4.18. The van der Waals surface area contributed by atoms with E-state index in [4.69, 9.17) is 16.3 Å². The maximum absolute atomic E-state index is 6.39. The molecule has 0 fully saturated rings. The molecule has 0 aliphatic heterocycles. The van der Waals surface area contributed by atoms with Crippen LogP contribution >= 0.6 is 27.5 Å². The summed E-state index contributed by atoms with van der Waals surface area (Å²) in [4.78, 5) is 0. The van der Waals surface area contributed by atoms with Gasteiger partial charge in [-0.25, -0.2) is 0 Å². The van der Waals surface area contributed by atoms with Gasteiger partial charge in [-0.05, 0) is 54.9 Å². The Bertz CT molecular complexity index is 615. The summed E-state index contributed by atoms with van der Waals surface area (Å²) in [7, 11) is 3.57. The highest BCUT2D eigenvalue weighted by Gasteiger charge is 2.17. The molecule has 2 aromatic carbocycles. The number of methoxy groups -OCH3 is 1. The lowest BCUT2D eigenvalue weighted by Crippen LogP contribution is -2.19. The summed E-state index contributed by atoms with van der Waals surface area (Å²) in [5, 5.41) is 4.03. The van der Waals surface area contributed by atoms with E-state index in [1.54, 1.807) is 7.11 Å². The molecule has 106 valence electrons. The average molecular weight is 355 g/mol. The predicted octanol–water partition coefficient (Wildman–Crippen LogP) is 4.73. The van der Waals surface area contributed by atoms with Crippen molar-refractivity contribution in [1.82, 2.24) is 5.32 Å². The number of halogens is 2. The van der Waals surface area contributed by atoms with E-state index in [2.05, 4.69) is 40.3 Å². The van der Waals surface area contributed by atoms with Gasteiger partial charge in [-0.2, -0.15) is 0 Å². The van der Waals surface area contributed by atoms with E-state index in [1.165, 1.54) is 11.1 Å². The molecule has 20 heavy (non-hydrogen) atoms. The van der Waals surface area contributed by atoms with E-state index in [1.807, 2.05) is 31.3 Å². The van der Waals surface area contributed by atoms with Gasteiger partial charge in [0.25, 0.3) is 0 Å². The third-order valence-electron chi connectivity index (χ3n) is 3.36. The Morgan fingerprint density at radius 3 is 2.50 bits per heavy atom. The van der Waals surface area contributed by atoms with Crippen LogP contribution in [-0.2, 0) is 0 Å². The van der Waals surface area contributed by atoms with Crippen molar-refractivity contribution < 1.29 is 4.74 Å². The van der Waals surface area contributed by atoms with Gasteiger partial charge < -0.3 is 10.1 Å². The minimum absolute atomic E-state index is 0.0471. The van der Waals surface area contributed by atoms with Crippen LogP contribution in [0.5, 0.6) is 5.75 Å². The molecule has 0 heterocycles. The molecule has 1 unspecified atom stereocenters. The molecular formula is C16H17BrClNO. The van der Waals surface area contributed by atoms with Gasteiger partial charge in [0.15, 0.2) is 0 Å². The fourth-order valence-corrected chi connectivity index (χ4v) is 2.93. The van der Waals surface area contributed by atoms with Crippen LogP contribution in [0, 0.1) is 6.92 Å². The first-order valence-electron chi connectivity index (χ1n) is 6.33. The zero-order valence-corrected chi connectivity index (χ0v) is 14.0. The van der Waals surface area contributed by atoms with Crippen LogP contribution < -0.4 is 10.1 Å². The Kier molecular flexibility index (Phi) is 5.08. The van der Waals surface area contributed by atoms with Gasteiger partial charge in [-0.15, -0.1) is 0 Å². The summed E-state index contributed by atoms with van der Waals surface area (Å²) in [5.41, 5.74) is 3.46. The maximum Gasteiger partial charge on any atom is 0.120 e. The molecule has 0 aliphatic rings. The van der Waals surface area contributed by atoms with E-state index >= 15 is 0 Å². The quantitative estimate of drug-likeness (QED) is 0.857. The van der Waals surface area contributed by atoms with Crippen LogP contribution in [0.2, 0.25) is 5.02 Å². The number of aryl methyl sites for hydroxylation is 1. The zero-order chi connectivity index (χ0) is 14.7. The molecule has 2 nitrogen and oxygen atoms in total. The van der Waals surface area contributed by atoms with Crippen molar-refractivity contribution in [3.8, 4) is 5.75 Å². The molecule has 1 N–H and O–H groups in total. The van der Waals surface area contributed by atoms with Gasteiger partial charge >= 0.3 is 0 Å². The molecule has 2 aromatic rings. The predicted molar refractivity (Wildman–Crippen MR) is 87.8 cm³/mol. The summed E-state index contributed by atoms with van der Waals surface area (Å²) in [6.07, 6.45) is 0. The number of rotatable bonds is 4. The Hall–Kier alpha value is -1.03.